The molecule has 0 aliphatic rings. The summed E-state index contributed by atoms with van der Waals surface area (Å²) in [4.78, 5) is 7.04. The molecule has 0 unspecified atom stereocenters. The number of fused-ring (bicyclic) bond motifs is 1. The van der Waals surface area contributed by atoms with Gasteiger partial charge in [0.1, 0.15) is 5.75 Å². The molecule has 0 radical (unpaired) electrons. The highest BCUT2D eigenvalue weighted by Gasteiger charge is 2.11. The number of rotatable bonds is 3. The van der Waals surface area contributed by atoms with Crippen LogP contribution in [-0.4, -0.2) is 16.7 Å². The Labute approximate surface area is 121 Å². The predicted octanol–water partition coefficient (Wildman–Crippen LogP) is 3.35. The Bertz CT molecular complexity index is 753. The standard InChI is InChI=1S/C15H17N3OS/c1-9-6-12(20-10(9)2)8-18-14-7-11(19-3)4-5-13(14)17-15(18)16/h4-7H,8H2,1-3H3,(H2,16,17). The molecule has 0 fully saturated rings. The second-order valence-corrected chi connectivity index (χ2v) is 6.20. The smallest absolute Gasteiger partial charge is 0.201 e. The zero-order chi connectivity index (χ0) is 14.3. The lowest BCUT2D eigenvalue weighted by molar-refractivity contribution is 0.415. The number of ether oxygens (including phenoxy) is 1. The summed E-state index contributed by atoms with van der Waals surface area (Å²) in [5, 5.41) is 0. The number of nitrogens with two attached hydrogens (primary N) is 1. The van der Waals surface area contributed by atoms with E-state index in [9.17, 15) is 0 Å². The van der Waals surface area contributed by atoms with E-state index in [1.165, 1.54) is 15.3 Å². The molecule has 104 valence electrons. The average molecular weight is 287 g/mol. The fourth-order valence-corrected chi connectivity index (χ4v) is 3.34. The maximum Gasteiger partial charge on any atom is 0.201 e. The fourth-order valence-electron chi connectivity index (χ4n) is 2.30. The number of benzene rings is 1. The Morgan fingerprint density at radius 1 is 1.30 bits per heavy atom. The van der Waals surface area contributed by atoms with Gasteiger partial charge in [-0.15, -0.1) is 11.3 Å². The Morgan fingerprint density at radius 3 is 2.75 bits per heavy atom. The van der Waals surface area contributed by atoms with Gasteiger partial charge in [-0.05, 0) is 37.6 Å². The zero-order valence-corrected chi connectivity index (χ0v) is 12.6. The van der Waals surface area contributed by atoms with Crippen LogP contribution in [0.4, 0.5) is 5.95 Å². The topological polar surface area (TPSA) is 53.1 Å². The van der Waals surface area contributed by atoms with Crippen LogP contribution >= 0.6 is 11.3 Å². The largest absolute Gasteiger partial charge is 0.497 e. The lowest BCUT2D eigenvalue weighted by atomic mass is 10.2. The van der Waals surface area contributed by atoms with Crippen molar-refractivity contribution in [3.8, 4) is 5.75 Å². The Balaban J connectivity index is 2.07. The highest BCUT2D eigenvalue weighted by Crippen LogP contribution is 2.27. The maximum atomic E-state index is 6.05. The molecule has 20 heavy (non-hydrogen) atoms. The molecule has 1 aromatic carbocycles. The van der Waals surface area contributed by atoms with E-state index in [4.69, 9.17) is 10.5 Å². The summed E-state index contributed by atoms with van der Waals surface area (Å²) in [6.45, 7) is 5.02. The lowest BCUT2D eigenvalue weighted by Crippen LogP contribution is -2.03. The molecule has 0 aliphatic heterocycles. The first-order valence-electron chi connectivity index (χ1n) is 6.44. The van der Waals surface area contributed by atoms with Crippen LogP contribution in [0, 0.1) is 13.8 Å². The SMILES string of the molecule is COc1ccc2nc(N)n(Cc3cc(C)c(C)s3)c2c1. The minimum Gasteiger partial charge on any atom is -0.497 e. The first-order chi connectivity index (χ1) is 9.58. The van der Waals surface area contributed by atoms with Gasteiger partial charge in [0, 0.05) is 15.8 Å². The van der Waals surface area contributed by atoms with Gasteiger partial charge in [0.05, 0.1) is 24.7 Å². The van der Waals surface area contributed by atoms with E-state index in [1.54, 1.807) is 18.4 Å². The molecular formula is C15H17N3OS. The third-order valence-electron chi connectivity index (χ3n) is 3.52. The molecule has 0 spiro atoms. The summed E-state index contributed by atoms with van der Waals surface area (Å²) < 4.78 is 7.31. The van der Waals surface area contributed by atoms with Crippen molar-refractivity contribution < 1.29 is 4.74 Å². The maximum absolute atomic E-state index is 6.05. The summed E-state index contributed by atoms with van der Waals surface area (Å²) in [5.74, 6) is 1.36. The molecule has 4 nitrogen and oxygen atoms in total. The first kappa shape index (κ1) is 13.0. The van der Waals surface area contributed by atoms with E-state index in [-0.39, 0.29) is 0 Å². The minimum atomic E-state index is 0.539. The predicted molar refractivity (Wildman–Crippen MR) is 83.6 cm³/mol. The molecule has 0 bridgehead atoms. The van der Waals surface area contributed by atoms with Crippen LogP contribution in [0.25, 0.3) is 11.0 Å². The molecule has 0 atom stereocenters. The van der Waals surface area contributed by atoms with Gasteiger partial charge >= 0.3 is 0 Å². The monoisotopic (exact) mass is 287 g/mol. The van der Waals surface area contributed by atoms with Gasteiger partial charge in [0.2, 0.25) is 5.95 Å². The molecule has 3 rings (SSSR count). The number of anilines is 1. The van der Waals surface area contributed by atoms with Gasteiger partial charge in [-0.3, -0.25) is 0 Å². The number of thiophene rings is 1. The highest BCUT2D eigenvalue weighted by atomic mass is 32.1. The molecule has 2 heterocycles. The van der Waals surface area contributed by atoms with Crippen LogP contribution in [0.15, 0.2) is 24.3 Å². The van der Waals surface area contributed by atoms with Crippen LogP contribution in [0.3, 0.4) is 0 Å². The summed E-state index contributed by atoms with van der Waals surface area (Å²) >= 11 is 1.80. The van der Waals surface area contributed by atoms with Crippen molar-refractivity contribution in [2.45, 2.75) is 20.4 Å². The van der Waals surface area contributed by atoms with Crippen molar-refractivity contribution >= 4 is 28.3 Å². The first-order valence-corrected chi connectivity index (χ1v) is 7.26. The number of hydrogen-bond acceptors (Lipinski definition) is 4. The number of imidazole rings is 1. The average Bonchev–Trinajstić information content (AvgIpc) is 2.90. The van der Waals surface area contributed by atoms with Crippen LogP contribution in [0.1, 0.15) is 15.3 Å². The van der Waals surface area contributed by atoms with Crippen LogP contribution in [0.5, 0.6) is 5.75 Å². The van der Waals surface area contributed by atoms with Gasteiger partial charge in [0.15, 0.2) is 0 Å². The number of aryl methyl sites for hydroxylation is 2. The number of hydrogen-bond donors (Lipinski definition) is 1. The summed E-state index contributed by atoms with van der Waals surface area (Å²) in [5.41, 5.74) is 9.28. The lowest BCUT2D eigenvalue weighted by Gasteiger charge is -2.05. The molecule has 0 aliphatic carbocycles. The quantitative estimate of drug-likeness (QED) is 0.803. The second-order valence-electron chi connectivity index (χ2n) is 4.86. The highest BCUT2D eigenvalue weighted by molar-refractivity contribution is 7.12. The van der Waals surface area contributed by atoms with Crippen molar-refractivity contribution in [3.05, 3.63) is 39.6 Å². The Morgan fingerprint density at radius 2 is 2.10 bits per heavy atom. The van der Waals surface area contributed by atoms with Crippen molar-refractivity contribution in [2.24, 2.45) is 0 Å². The molecular weight excluding hydrogens is 270 g/mol. The van der Waals surface area contributed by atoms with E-state index >= 15 is 0 Å². The van der Waals surface area contributed by atoms with Crippen molar-refractivity contribution in [1.29, 1.82) is 0 Å². The summed E-state index contributed by atoms with van der Waals surface area (Å²) in [7, 11) is 1.66. The normalized spacial score (nSPS) is 11.2. The number of nitrogens with zero attached hydrogens (tertiary/aromatic N) is 2. The number of methoxy groups -OCH3 is 1. The summed E-state index contributed by atoms with van der Waals surface area (Å²) in [6, 6.07) is 8.03. The van der Waals surface area contributed by atoms with Crippen molar-refractivity contribution in [3.63, 3.8) is 0 Å². The molecule has 0 amide bonds. The van der Waals surface area contributed by atoms with E-state index in [0.29, 0.717) is 5.95 Å². The molecule has 3 aromatic rings. The van der Waals surface area contributed by atoms with Gasteiger partial charge in [-0.2, -0.15) is 0 Å². The second kappa shape index (κ2) is 4.83. The molecule has 0 saturated heterocycles. The van der Waals surface area contributed by atoms with E-state index in [0.717, 1.165) is 23.3 Å². The van der Waals surface area contributed by atoms with Gasteiger partial charge in [0.25, 0.3) is 0 Å². The van der Waals surface area contributed by atoms with Crippen molar-refractivity contribution in [2.75, 3.05) is 12.8 Å². The molecule has 2 N–H and O–H groups in total. The van der Waals surface area contributed by atoms with Gasteiger partial charge in [-0.25, -0.2) is 4.98 Å². The zero-order valence-electron chi connectivity index (χ0n) is 11.8. The summed E-state index contributed by atoms with van der Waals surface area (Å²) in [6.07, 6.45) is 0. The van der Waals surface area contributed by atoms with Crippen LogP contribution in [-0.2, 0) is 6.54 Å². The Hall–Kier alpha value is -2.01. The van der Waals surface area contributed by atoms with Gasteiger partial charge < -0.3 is 15.0 Å². The van der Waals surface area contributed by atoms with E-state index in [1.807, 2.05) is 22.8 Å². The van der Waals surface area contributed by atoms with E-state index in [2.05, 4.69) is 24.9 Å². The minimum absolute atomic E-state index is 0.539. The number of aromatic nitrogens is 2. The van der Waals surface area contributed by atoms with Crippen molar-refractivity contribution in [1.82, 2.24) is 9.55 Å². The number of nitrogen functional groups attached to an aromatic ring is 1. The molecule has 0 saturated carbocycles. The van der Waals surface area contributed by atoms with E-state index < -0.39 is 0 Å². The Kier molecular flexibility index (Phi) is 3.14. The van der Waals surface area contributed by atoms with Crippen LogP contribution < -0.4 is 10.5 Å². The molecule has 5 heteroatoms. The van der Waals surface area contributed by atoms with Gasteiger partial charge in [-0.1, -0.05) is 0 Å². The third-order valence-corrected chi connectivity index (χ3v) is 4.65. The fraction of sp³-hybridized carbons (Fsp3) is 0.267. The van der Waals surface area contributed by atoms with Crippen LogP contribution in [0.2, 0.25) is 0 Å². The third kappa shape index (κ3) is 2.14. The molecule has 2 aromatic heterocycles.